The Hall–Kier alpha value is -3.26. The minimum atomic E-state index is -1.44. The predicted octanol–water partition coefficient (Wildman–Crippen LogP) is 3.63. The van der Waals surface area contributed by atoms with Gasteiger partial charge in [-0.25, -0.2) is 14.0 Å². The number of amides is 2. The van der Waals surface area contributed by atoms with E-state index in [4.69, 9.17) is 4.74 Å². The quantitative estimate of drug-likeness (QED) is 0.633. The fourth-order valence-electron chi connectivity index (χ4n) is 3.61. The summed E-state index contributed by atoms with van der Waals surface area (Å²) >= 11 is 0. The highest BCUT2D eigenvalue weighted by molar-refractivity contribution is 7.82. The average molecular weight is 423 g/mol. The molecule has 1 aromatic carbocycles. The Morgan fingerprint density at radius 1 is 1.13 bits per heavy atom. The van der Waals surface area contributed by atoms with Crippen molar-refractivity contribution in [1.29, 1.82) is 0 Å². The molecule has 2 aromatic heterocycles. The van der Waals surface area contributed by atoms with Gasteiger partial charge in [-0.2, -0.15) is 0 Å². The van der Waals surface area contributed by atoms with Crippen molar-refractivity contribution in [3.63, 3.8) is 0 Å². The number of aryl methyl sites for hydroxylation is 1. The number of nitrogens with one attached hydrogen (secondary N) is 2. The Balaban J connectivity index is 1.63. The number of urea groups is 1. The summed E-state index contributed by atoms with van der Waals surface area (Å²) in [5.74, 6) is 0.495. The predicted molar refractivity (Wildman–Crippen MR) is 116 cm³/mol. The lowest BCUT2D eigenvalue weighted by atomic mass is 9.98. The lowest BCUT2D eigenvalue weighted by Gasteiger charge is -2.16. The van der Waals surface area contributed by atoms with E-state index in [1.165, 1.54) is 11.8 Å². The highest BCUT2D eigenvalue weighted by Crippen LogP contribution is 2.38. The molecule has 0 radical (unpaired) electrons. The van der Waals surface area contributed by atoms with Crippen LogP contribution in [-0.4, -0.2) is 26.5 Å². The molecular weight excluding hydrogens is 400 g/mol. The summed E-state index contributed by atoms with van der Waals surface area (Å²) in [5, 5.41) is 2.91. The van der Waals surface area contributed by atoms with Crippen molar-refractivity contribution >= 4 is 22.7 Å². The third-order valence-electron chi connectivity index (χ3n) is 4.94. The first-order chi connectivity index (χ1) is 14.6. The second kappa shape index (κ2) is 9.04. The van der Waals surface area contributed by atoms with Gasteiger partial charge in [-0.1, -0.05) is 12.1 Å². The van der Waals surface area contributed by atoms with E-state index in [-0.39, 0.29) is 0 Å². The average Bonchev–Trinajstić information content (AvgIpc) is 3.22. The van der Waals surface area contributed by atoms with E-state index < -0.39 is 17.0 Å². The minimum Gasteiger partial charge on any atom is -0.473 e. The number of fused-ring (bicyclic) bond motifs is 1. The van der Waals surface area contributed by atoms with Crippen LogP contribution in [0, 0.1) is 0 Å². The lowest BCUT2D eigenvalue weighted by Crippen LogP contribution is -2.30. The molecule has 0 saturated carbocycles. The van der Waals surface area contributed by atoms with Crippen LogP contribution >= 0.6 is 0 Å². The number of pyridine rings is 2. The molecule has 1 unspecified atom stereocenters. The molecule has 0 fully saturated rings. The second-order valence-electron chi connectivity index (χ2n) is 7.02. The van der Waals surface area contributed by atoms with E-state index in [1.807, 2.05) is 30.3 Å². The molecular formula is C22H22N4O3S. The van der Waals surface area contributed by atoms with Gasteiger partial charge in [0.1, 0.15) is 17.6 Å². The molecule has 0 spiro atoms. The van der Waals surface area contributed by atoms with Crippen LogP contribution in [0.4, 0.5) is 10.5 Å². The van der Waals surface area contributed by atoms with Gasteiger partial charge in [-0.05, 0) is 59.7 Å². The zero-order valence-corrected chi connectivity index (χ0v) is 17.4. The van der Waals surface area contributed by atoms with E-state index in [0.29, 0.717) is 12.5 Å². The maximum Gasteiger partial charge on any atom is 0.331 e. The Bertz CT molecular complexity index is 1090. The van der Waals surface area contributed by atoms with Crippen LogP contribution in [0.15, 0.2) is 55.0 Å². The van der Waals surface area contributed by atoms with Crippen LogP contribution in [0.3, 0.4) is 0 Å². The number of ether oxygens (including phenoxy) is 1. The first-order valence-electron chi connectivity index (χ1n) is 9.64. The topological polar surface area (TPSA) is 93.2 Å². The fraction of sp³-hybridized carbons (Fsp3) is 0.227. The first kappa shape index (κ1) is 20.0. The molecule has 0 aliphatic heterocycles. The van der Waals surface area contributed by atoms with Gasteiger partial charge < -0.3 is 10.1 Å². The van der Waals surface area contributed by atoms with Crippen LogP contribution in [0.2, 0.25) is 0 Å². The van der Waals surface area contributed by atoms with Crippen LogP contribution in [0.5, 0.6) is 5.88 Å². The van der Waals surface area contributed by atoms with Crippen molar-refractivity contribution < 1.29 is 13.7 Å². The molecule has 3 aromatic rings. The Morgan fingerprint density at radius 2 is 1.97 bits per heavy atom. The molecule has 2 amide bonds. The number of aromatic nitrogens is 2. The monoisotopic (exact) mass is 422 g/mol. The van der Waals surface area contributed by atoms with E-state index in [2.05, 4.69) is 26.1 Å². The van der Waals surface area contributed by atoms with E-state index >= 15 is 0 Å². The van der Waals surface area contributed by atoms with Crippen LogP contribution in [0.25, 0.3) is 11.1 Å². The van der Waals surface area contributed by atoms with E-state index in [1.54, 1.807) is 18.6 Å². The molecule has 1 aliphatic carbocycles. The molecule has 2 N–H and O–H groups in total. The summed E-state index contributed by atoms with van der Waals surface area (Å²) in [6.45, 7) is 0.388. The normalized spacial score (nSPS) is 13.4. The van der Waals surface area contributed by atoms with Gasteiger partial charge >= 0.3 is 6.03 Å². The molecule has 2 heterocycles. The third-order valence-corrected chi connectivity index (χ3v) is 5.41. The minimum absolute atomic E-state index is 0.388. The number of hydrogen-bond acceptors (Lipinski definition) is 5. The molecule has 8 heteroatoms. The third kappa shape index (κ3) is 4.65. The molecule has 4 rings (SSSR count). The zero-order valence-electron chi connectivity index (χ0n) is 16.6. The maximum absolute atomic E-state index is 12.3. The summed E-state index contributed by atoms with van der Waals surface area (Å²) in [7, 11) is -1.44. The van der Waals surface area contributed by atoms with Gasteiger partial charge in [-0.3, -0.25) is 9.71 Å². The number of anilines is 1. The lowest BCUT2D eigenvalue weighted by molar-refractivity contribution is 0.257. The highest BCUT2D eigenvalue weighted by atomic mass is 32.2. The Labute approximate surface area is 177 Å². The highest BCUT2D eigenvalue weighted by Gasteiger charge is 2.21. The van der Waals surface area contributed by atoms with Crippen molar-refractivity contribution in [3.8, 4) is 17.0 Å². The number of hydrogen-bond donors (Lipinski definition) is 2. The van der Waals surface area contributed by atoms with Crippen molar-refractivity contribution in [1.82, 2.24) is 14.7 Å². The number of benzene rings is 1. The summed E-state index contributed by atoms with van der Waals surface area (Å²) in [4.78, 5) is 20.6. The standard InChI is InChI=1S/C22H22N4O3S/c1-30(28)26-22(27)25-21-18-4-2-3-16(18)5-6-19(21)17-9-12-24-20(13-17)29-14-15-7-10-23-11-8-15/h5-13H,2-4,14H2,1H3,(H2,25,26,27). The summed E-state index contributed by atoms with van der Waals surface area (Å²) in [5.41, 5.74) is 5.87. The maximum atomic E-state index is 12.3. The van der Waals surface area contributed by atoms with Gasteiger partial charge in [-0.15, -0.1) is 0 Å². The van der Waals surface area contributed by atoms with Crippen molar-refractivity contribution in [2.24, 2.45) is 0 Å². The summed E-state index contributed by atoms with van der Waals surface area (Å²) in [6, 6.07) is 11.2. The Morgan fingerprint density at radius 3 is 2.77 bits per heavy atom. The van der Waals surface area contributed by atoms with Crippen molar-refractivity contribution in [2.75, 3.05) is 11.6 Å². The zero-order chi connectivity index (χ0) is 20.9. The first-order valence-corrected chi connectivity index (χ1v) is 11.2. The van der Waals surface area contributed by atoms with Gasteiger partial charge in [0.25, 0.3) is 0 Å². The smallest absolute Gasteiger partial charge is 0.331 e. The summed E-state index contributed by atoms with van der Waals surface area (Å²) < 4.78 is 19.6. The molecule has 1 aliphatic rings. The number of rotatable bonds is 6. The number of carbonyl (C=O) groups excluding carboxylic acids is 1. The molecule has 7 nitrogen and oxygen atoms in total. The second-order valence-corrected chi connectivity index (χ2v) is 8.13. The largest absolute Gasteiger partial charge is 0.473 e. The summed E-state index contributed by atoms with van der Waals surface area (Å²) in [6.07, 6.45) is 9.48. The number of carbonyl (C=O) groups is 1. The molecule has 0 bridgehead atoms. The fourth-order valence-corrected chi connectivity index (χ4v) is 3.92. The van der Waals surface area contributed by atoms with E-state index in [0.717, 1.165) is 47.2 Å². The number of nitrogens with zero attached hydrogens (tertiary/aromatic N) is 2. The molecule has 30 heavy (non-hydrogen) atoms. The molecule has 154 valence electrons. The van der Waals surface area contributed by atoms with Crippen LogP contribution < -0.4 is 14.8 Å². The van der Waals surface area contributed by atoms with Gasteiger partial charge in [0.2, 0.25) is 5.88 Å². The van der Waals surface area contributed by atoms with Gasteiger partial charge in [0.05, 0.1) is 5.69 Å². The molecule has 0 saturated heterocycles. The van der Waals surface area contributed by atoms with E-state index in [9.17, 15) is 9.00 Å². The van der Waals surface area contributed by atoms with Gasteiger partial charge in [0, 0.05) is 36.5 Å². The Kier molecular flexibility index (Phi) is 6.04. The van der Waals surface area contributed by atoms with Crippen molar-refractivity contribution in [2.45, 2.75) is 25.9 Å². The van der Waals surface area contributed by atoms with Gasteiger partial charge in [0.15, 0.2) is 0 Å². The SMILES string of the molecule is CS(=O)NC(=O)Nc1c(-c2ccnc(OCc3ccncc3)c2)ccc2c1CCC2. The van der Waals surface area contributed by atoms with Crippen molar-refractivity contribution in [3.05, 3.63) is 71.7 Å². The van der Waals surface area contributed by atoms with Crippen LogP contribution in [0.1, 0.15) is 23.1 Å². The van der Waals surface area contributed by atoms with Crippen LogP contribution in [-0.2, 0) is 30.4 Å². The molecule has 1 atom stereocenters.